The molecule has 0 unspecified atom stereocenters. The fourth-order valence-corrected chi connectivity index (χ4v) is 7.58. The summed E-state index contributed by atoms with van der Waals surface area (Å²) < 4.78 is 5.38. The number of methoxy groups -OCH3 is 1. The average molecular weight is 635 g/mol. The van der Waals surface area contributed by atoms with E-state index in [9.17, 15) is 4.79 Å². The molecule has 4 aromatic carbocycles. The minimum Gasteiger partial charge on any atom is -0.497 e. The molecule has 0 saturated carbocycles. The number of ether oxygens (including phenoxy) is 1. The molecule has 5 aromatic rings. The minimum absolute atomic E-state index is 0.0653. The number of hydrogen-bond acceptors (Lipinski definition) is 4. The number of carbonyl (C=O) groups excluding carboxylic acids is 2. The number of fused-ring (bicyclic) bond motifs is 6. The van der Waals surface area contributed by atoms with Crippen LogP contribution in [0, 0.1) is 5.92 Å². The molecule has 236 valence electrons. The summed E-state index contributed by atoms with van der Waals surface area (Å²) in [5.41, 5.74) is 4.88. The number of aromatic nitrogens is 1. The highest BCUT2D eigenvalue weighted by atomic mass is 35.5. The van der Waals surface area contributed by atoms with E-state index >= 15 is 4.79 Å². The van der Waals surface area contributed by atoms with Gasteiger partial charge in [-0.2, -0.15) is 0 Å². The number of halogens is 1. The number of nitrogens with zero attached hydrogens (tertiary/aromatic N) is 1. The first-order valence-corrected chi connectivity index (χ1v) is 16.4. The highest BCUT2D eigenvalue weighted by Gasteiger charge is 2.63. The van der Waals surface area contributed by atoms with Crippen LogP contribution in [0.15, 0.2) is 97.1 Å². The molecule has 2 heterocycles. The number of aliphatic hydroxyl groups is 1. The van der Waals surface area contributed by atoms with Crippen LogP contribution in [0.2, 0.25) is 5.02 Å². The highest BCUT2D eigenvalue weighted by Crippen LogP contribution is 2.60. The van der Waals surface area contributed by atoms with Crippen molar-refractivity contribution in [2.75, 3.05) is 25.2 Å². The van der Waals surface area contributed by atoms with Crippen molar-refractivity contribution < 1.29 is 19.4 Å². The van der Waals surface area contributed by atoms with Crippen molar-refractivity contribution in [1.82, 2.24) is 4.98 Å². The van der Waals surface area contributed by atoms with Crippen molar-refractivity contribution in [2.24, 2.45) is 5.92 Å². The second-order valence-corrected chi connectivity index (χ2v) is 12.3. The molecule has 1 aliphatic heterocycles. The fraction of sp³-hybridized carbons (Fsp3) is 0.282. The summed E-state index contributed by atoms with van der Waals surface area (Å²) in [7, 11) is 1.61. The van der Waals surface area contributed by atoms with E-state index in [0.29, 0.717) is 29.3 Å². The zero-order valence-corrected chi connectivity index (χ0v) is 27.2. The maximum absolute atomic E-state index is 15.2. The van der Waals surface area contributed by atoms with Crippen molar-refractivity contribution in [3.8, 4) is 5.75 Å². The summed E-state index contributed by atoms with van der Waals surface area (Å²) >= 11 is 6.69. The largest absolute Gasteiger partial charge is 0.497 e. The van der Waals surface area contributed by atoms with Gasteiger partial charge in [-0.25, -0.2) is 0 Å². The Bertz CT molecular complexity index is 1870. The van der Waals surface area contributed by atoms with Crippen LogP contribution < -0.4 is 9.64 Å². The number of Topliss-reactive ketones (excluding diaryl/α,β-unsaturated/α-hetero) is 1. The van der Waals surface area contributed by atoms with Gasteiger partial charge in [0.1, 0.15) is 11.2 Å². The molecular formula is C39H39ClN2O4. The van der Waals surface area contributed by atoms with E-state index in [0.717, 1.165) is 51.8 Å². The number of para-hydroxylation sites is 1. The number of ketones is 1. The molecular weight excluding hydrogens is 596 g/mol. The van der Waals surface area contributed by atoms with E-state index in [4.69, 9.17) is 21.4 Å². The minimum atomic E-state index is -1.26. The monoisotopic (exact) mass is 634 g/mol. The molecule has 7 heteroatoms. The smallest absolute Gasteiger partial charge is 0.244 e. The predicted octanol–water partition coefficient (Wildman–Crippen LogP) is 8.30. The number of rotatable bonds is 7. The molecule has 2 aliphatic rings. The number of unbranched alkanes of at least 4 members (excludes halogenated alkanes) is 1. The number of carbonyl (C=O) groups is 2. The van der Waals surface area contributed by atoms with Gasteiger partial charge in [0, 0.05) is 57.9 Å². The Morgan fingerprint density at radius 3 is 2.39 bits per heavy atom. The summed E-state index contributed by atoms with van der Waals surface area (Å²) in [6.07, 6.45) is 2.28. The van der Waals surface area contributed by atoms with Crippen LogP contribution in [-0.4, -0.2) is 42.0 Å². The van der Waals surface area contributed by atoms with E-state index in [1.165, 1.54) is 0 Å². The summed E-state index contributed by atoms with van der Waals surface area (Å²) in [5, 5.41) is 9.19. The Morgan fingerprint density at radius 1 is 1.00 bits per heavy atom. The van der Waals surface area contributed by atoms with Gasteiger partial charge >= 0.3 is 0 Å². The second-order valence-electron chi connectivity index (χ2n) is 11.9. The Morgan fingerprint density at radius 2 is 1.70 bits per heavy atom. The van der Waals surface area contributed by atoms with Crippen molar-refractivity contribution >= 4 is 39.9 Å². The highest BCUT2D eigenvalue weighted by molar-refractivity contribution is 6.31. The molecule has 0 saturated heterocycles. The Kier molecular flexibility index (Phi) is 9.03. The third-order valence-electron chi connectivity index (χ3n) is 9.37. The lowest BCUT2D eigenvalue weighted by Crippen LogP contribution is -2.52. The van der Waals surface area contributed by atoms with Gasteiger partial charge in [-0.1, -0.05) is 73.5 Å². The van der Waals surface area contributed by atoms with E-state index in [2.05, 4.69) is 36.2 Å². The van der Waals surface area contributed by atoms with Crippen molar-refractivity contribution in [2.45, 2.75) is 44.4 Å². The molecule has 6 nitrogen and oxygen atoms in total. The van der Waals surface area contributed by atoms with Gasteiger partial charge in [-0.3, -0.25) is 9.59 Å². The van der Waals surface area contributed by atoms with Crippen molar-refractivity contribution in [3.63, 3.8) is 0 Å². The average Bonchev–Trinajstić information content (AvgIpc) is 3.58. The van der Waals surface area contributed by atoms with Gasteiger partial charge in [0.2, 0.25) is 5.91 Å². The molecule has 2 N–H and O–H groups in total. The van der Waals surface area contributed by atoms with Gasteiger partial charge < -0.3 is 19.7 Å². The standard InChI is InChI=1S/C37H33ClN2O3.C2H6O/c1-3-4-20-40-32-19-16-25(38)21-29(32)37(36(40)42)30(34(41)24-14-17-26(43-2)18-15-24)22-28(23-10-6-5-7-11-23)33-27-12-8-9-13-31(27)39-35(33)37;1-2-3/h5-19,21,28,30,39H,3-4,20,22H2,1-2H3;3H,2H2,1H3/t28-,30+,37-;/m0./s1. The SMILES string of the molecule is CCCCN1C(=O)[C@]2(c3cc(Cl)ccc31)c1[nH]c3ccccc3c1[C@H](c1ccccc1)C[C@@H]2C(=O)c1ccc(OC)cc1.CCO. The van der Waals surface area contributed by atoms with E-state index in [1.807, 2.05) is 53.4 Å². The molecule has 1 spiro atoms. The van der Waals surface area contributed by atoms with Crippen LogP contribution in [0.5, 0.6) is 5.75 Å². The summed E-state index contributed by atoms with van der Waals surface area (Å²) in [6.45, 7) is 4.63. The number of amides is 1. The molecule has 0 radical (unpaired) electrons. The number of aromatic amines is 1. The zero-order chi connectivity index (χ0) is 32.4. The normalized spacial score (nSPS) is 19.8. The summed E-state index contributed by atoms with van der Waals surface area (Å²) in [6, 6.07) is 31.5. The van der Waals surface area contributed by atoms with E-state index < -0.39 is 11.3 Å². The Balaban J connectivity index is 0.00000119. The lowest BCUT2D eigenvalue weighted by Gasteiger charge is -2.43. The number of aliphatic hydroxyl groups excluding tert-OH is 1. The lowest BCUT2D eigenvalue weighted by atomic mass is 9.57. The van der Waals surface area contributed by atoms with Crippen LogP contribution in [0.25, 0.3) is 10.9 Å². The Hall–Kier alpha value is -4.39. The first-order valence-electron chi connectivity index (χ1n) is 16.0. The molecule has 0 bridgehead atoms. The molecule has 1 aromatic heterocycles. The van der Waals surface area contributed by atoms with Crippen LogP contribution in [0.3, 0.4) is 0 Å². The van der Waals surface area contributed by atoms with Crippen molar-refractivity contribution in [1.29, 1.82) is 0 Å². The summed E-state index contributed by atoms with van der Waals surface area (Å²) in [4.78, 5) is 35.6. The number of hydrogen-bond donors (Lipinski definition) is 2. The first-order chi connectivity index (χ1) is 22.4. The second kappa shape index (κ2) is 13.1. The van der Waals surface area contributed by atoms with Crippen molar-refractivity contribution in [3.05, 3.63) is 130 Å². The number of anilines is 1. The van der Waals surface area contributed by atoms with Gasteiger partial charge in [0.25, 0.3) is 0 Å². The third kappa shape index (κ3) is 5.10. The van der Waals surface area contributed by atoms with Crippen LogP contribution >= 0.6 is 11.6 Å². The first kappa shape index (κ1) is 31.6. The maximum Gasteiger partial charge on any atom is 0.244 e. The van der Waals surface area contributed by atoms with Gasteiger partial charge in [0.05, 0.1) is 7.11 Å². The molecule has 7 rings (SSSR count). The zero-order valence-electron chi connectivity index (χ0n) is 26.4. The third-order valence-corrected chi connectivity index (χ3v) is 9.60. The number of H-pyrrole nitrogens is 1. The maximum atomic E-state index is 15.2. The lowest BCUT2D eigenvalue weighted by molar-refractivity contribution is -0.123. The van der Waals surface area contributed by atoms with E-state index in [-0.39, 0.29) is 24.2 Å². The Labute approximate surface area is 275 Å². The van der Waals surface area contributed by atoms with Gasteiger partial charge in [0.15, 0.2) is 5.78 Å². The summed E-state index contributed by atoms with van der Waals surface area (Å²) in [5.74, 6) is -0.225. The number of benzene rings is 4. The topological polar surface area (TPSA) is 82.6 Å². The van der Waals surface area contributed by atoms with E-state index in [1.54, 1.807) is 38.3 Å². The van der Waals surface area contributed by atoms with Gasteiger partial charge in [-0.05, 0) is 85.0 Å². The van der Waals surface area contributed by atoms with Crippen LogP contribution in [0.4, 0.5) is 5.69 Å². The molecule has 46 heavy (non-hydrogen) atoms. The predicted molar refractivity (Wildman–Crippen MR) is 184 cm³/mol. The fourth-order valence-electron chi connectivity index (χ4n) is 7.40. The van der Waals surface area contributed by atoms with Gasteiger partial charge in [-0.15, -0.1) is 0 Å². The molecule has 3 atom stereocenters. The molecule has 0 fully saturated rings. The quantitative estimate of drug-likeness (QED) is 0.176. The van der Waals surface area contributed by atoms with Crippen LogP contribution in [-0.2, 0) is 10.2 Å². The number of nitrogens with one attached hydrogen (secondary N) is 1. The molecule has 1 aliphatic carbocycles. The molecule has 1 amide bonds. The van der Waals surface area contributed by atoms with Crippen LogP contribution in [0.1, 0.15) is 71.8 Å².